The Morgan fingerprint density at radius 3 is 2.53 bits per heavy atom. The van der Waals surface area contributed by atoms with E-state index in [-0.39, 0.29) is 11.8 Å². The van der Waals surface area contributed by atoms with Gasteiger partial charge in [-0.25, -0.2) is 0 Å². The van der Waals surface area contributed by atoms with E-state index in [0.29, 0.717) is 13.0 Å². The number of halogens is 2. The molecule has 0 saturated carbocycles. The van der Waals surface area contributed by atoms with Gasteiger partial charge in [-0.3, -0.25) is 0 Å². The standard InChI is InChI=1S/C12H14F2N2O/c1-9(16-8-2-7-15)10-3-5-11(6-4-10)17-12(13)14/h3-6,9,12,16H,2,8H2,1H3. The summed E-state index contributed by atoms with van der Waals surface area (Å²) in [4.78, 5) is 0. The maximum absolute atomic E-state index is 11.9. The number of alkyl halides is 2. The molecule has 0 saturated heterocycles. The minimum Gasteiger partial charge on any atom is -0.435 e. The number of rotatable bonds is 6. The molecule has 0 fully saturated rings. The Labute approximate surface area is 99.0 Å². The highest BCUT2D eigenvalue weighted by molar-refractivity contribution is 5.28. The number of hydrogen-bond donors (Lipinski definition) is 1. The molecule has 1 atom stereocenters. The first-order valence-corrected chi connectivity index (χ1v) is 5.28. The summed E-state index contributed by atoms with van der Waals surface area (Å²) in [6.07, 6.45) is 0.441. The van der Waals surface area contributed by atoms with Crippen molar-refractivity contribution in [3.05, 3.63) is 29.8 Å². The summed E-state index contributed by atoms with van der Waals surface area (Å²) in [5.74, 6) is 0.146. The van der Waals surface area contributed by atoms with E-state index in [1.54, 1.807) is 12.1 Å². The minimum absolute atomic E-state index is 0.0731. The Morgan fingerprint density at radius 2 is 2.00 bits per heavy atom. The van der Waals surface area contributed by atoms with Crippen molar-refractivity contribution in [2.75, 3.05) is 6.54 Å². The van der Waals surface area contributed by atoms with E-state index < -0.39 is 6.61 Å². The third-order valence-corrected chi connectivity index (χ3v) is 2.29. The minimum atomic E-state index is -2.80. The monoisotopic (exact) mass is 240 g/mol. The fraction of sp³-hybridized carbons (Fsp3) is 0.417. The van der Waals surface area contributed by atoms with Crippen LogP contribution in [-0.2, 0) is 0 Å². The fourth-order valence-corrected chi connectivity index (χ4v) is 1.40. The lowest BCUT2D eigenvalue weighted by Crippen LogP contribution is -2.19. The molecule has 1 rings (SSSR count). The number of hydrogen-bond acceptors (Lipinski definition) is 3. The second kappa shape index (κ2) is 6.81. The van der Waals surface area contributed by atoms with E-state index in [1.165, 1.54) is 12.1 Å². The van der Waals surface area contributed by atoms with Crippen molar-refractivity contribution in [1.29, 1.82) is 5.26 Å². The van der Waals surface area contributed by atoms with Crippen LogP contribution < -0.4 is 10.1 Å². The summed E-state index contributed by atoms with van der Waals surface area (Å²) in [6.45, 7) is -0.250. The maximum atomic E-state index is 11.9. The van der Waals surface area contributed by atoms with Gasteiger partial charge in [0, 0.05) is 19.0 Å². The van der Waals surface area contributed by atoms with Gasteiger partial charge in [-0.05, 0) is 24.6 Å². The zero-order chi connectivity index (χ0) is 12.7. The van der Waals surface area contributed by atoms with Gasteiger partial charge in [-0.1, -0.05) is 12.1 Å². The lowest BCUT2D eigenvalue weighted by Gasteiger charge is -2.13. The van der Waals surface area contributed by atoms with E-state index in [1.807, 2.05) is 13.0 Å². The van der Waals surface area contributed by atoms with Crippen LogP contribution >= 0.6 is 0 Å². The molecule has 1 N–H and O–H groups in total. The Bertz CT molecular complexity index is 373. The van der Waals surface area contributed by atoms with E-state index in [4.69, 9.17) is 5.26 Å². The molecule has 1 aromatic carbocycles. The molecule has 0 amide bonds. The fourth-order valence-electron chi connectivity index (χ4n) is 1.40. The van der Waals surface area contributed by atoms with Gasteiger partial charge in [0.05, 0.1) is 6.07 Å². The SMILES string of the molecule is CC(NCCC#N)c1ccc(OC(F)F)cc1. The largest absolute Gasteiger partial charge is 0.435 e. The molecule has 0 aliphatic heterocycles. The topological polar surface area (TPSA) is 45.0 Å². The van der Waals surface area contributed by atoms with Crippen molar-refractivity contribution in [2.24, 2.45) is 0 Å². The summed E-state index contributed by atoms with van der Waals surface area (Å²) < 4.78 is 28.1. The van der Waals surface area contributed by atoms with Crippen LogP contribution in [0, 0.1) is 11.3 Å². The van der Waals surface area contributed by atoms with Gasteiger partial charge in [-0.15, -0.1) is 0 Å². The Hall–Kier alpha value is -1.67. The Kier molecular flexibility index (Phi) is 5.37. The lowest BCUT2D eigenvalue weighted by atomic mass is 10.1. The van der Waals surface area contributed by atoms with Crippen molar-refractivity contribution in [3.8, 4) is 11.8 Å². The van der Waals surface area contributed by atoms with Gasteiger partial charge in [0.25, 0.3) is 0 Å². The van der Waals surface area contributed by atoms with Crippen molar-refractivity contribution < 1.29 is 13.5 Å². The average Bonchev–Trinajstić information content (AvgIpc) is 2.29. The van der Waals surface area contributed by atoms with Gasteiger partial charge < -0.3 is 10.1 Å². The molecule has 3 nitrogen and oxygen atoms in total. The molecular formula is C12H14F2N2O. The summed E-state index contributed by atoms with van der Waals surface area (Å²) in [5, 5.41) is 11.5. The highest BCUT2D eigenvalue weighted by atomic mass is 19.3. The molecule has 17 heavy (non-hydrogen) atoms. The Balaban J connectivity index is 2.52. The predicted molar refractivity (Wildman–Crippen MR) is 59.7 cm³/mol. The molecule has 0 bridgehead atoms. The first-order valence-electron chi connectivity index (χ1n) is 5.28. The van der Waals surface area contributed by atoms with Gasteiger partial charge in [0.1, 0.15) is 5.75 Å². The highest BCUT2D eigenvalue weighted by Crippen LogP contribution is 2.18. The maximum Gasteiger partial charge on any atom is 0.387 e. The van der Waals surface area contributed by atoms with Gasteiger partial charge >= 0.3 is 6.61 Å². The number of nitrogens with zero attached hydrogens (tertiary/aromatic N) is 1. The molecule has 1 aromatic rings. The van der Waals surface area contributed by atoms with Crippen molar-refractivity contribution >= 4 is 0 Å². The molecule has 0 aliphatic carbocycles. The second-order valence-electron chi connectivity index (χ2n) is 3.53. The summed E-state index contributed by atoms with van der Waals surface area (Å²) in [7, 11) is 0. The van der Waals surface area contributed by atoms with Crippen LogP contribution in [0.3, 0.4) is 0 Å². The number of nitriles is 1. The second-order valence-corrected chi connectivity index (χ2v) is 3.53. The third kappa shape index (κ3) is 4.79. The number of benzene rings is 1. The zero-order valence-electron chi connectivity index (χ0n) is 9.49. The average molecular weight is 240 g/mol. The molecular weight excluding hydrogens is 226 g/mol. The van der Waals surface area contributed by atoms with Crippen LogP contribution in [0.4, 0.5) is 8.78 Å². The van der Waals surface area contributed by atoms with Gasteiger partial charge in [0.15, 0.2) is 0 Å². The van der Waals surface area contributed by atoms with Crippen molar-refractivity contribution in [3.63, 3.8) is 0 Å². The molecule has 0 spiro atoms. The summed E-state index contributed by atoms with van der Waals surface area (Å²) in [6, 6.07) is 8.57. The molecule has 0 heterocycles. The van der Waals surface area contributed by atoms with Crippen molar-refractivity contribution in [2.45, 2.75) is 26.0 Å². The van der Waals surface area contributed by atoms with Gasteiger partial charge in [0.2, 0.25) is 0 Å². The first-order chi connectivity index (χ1) is 8.13. The molecule has 0 aromatic heterocycles. The van der Waals surface area contributed by atoms with Crippen LogP contribution in [0.5, 0.6) is 5.75 Å². The van der Waals surface area contributed by atoms with Gasteiger partial charge in [-0.2, -0.15) is 14.0 Å². The number of ether oxygens (including phenoxy) is 1. The lowest BCUT2D eigenvalue weighted by molar-refractivity contribution is -0.0498. The number of nitrogens with one attached hydrogen (secondary N) is 1. The van der Waals surface area contributed by atoms with Crippen LogP contribution in [0.2, 0.25) is 0 Å². The van der Waals surface area contributed by atoms with Crippen LogP contribution in [0.15, 0.2) is 24.3 Å². The molecule has 92 valence electrons. The van der Waals surface area contributed by atoms with E-state index in [0.717, 1.165) is 5.56 Å². The summed E-state index contributed by atoms with van der Waals surface area (Å²) >= 11 is 0. The van der Waals surface area contributed by atoms with E-state index in [9.17, 15) is 8.78 Å². The quantitative estimate of drug-likeness (QED) is 0.777. The summed E-state index contributed by atoms with van der Waals surface area (Å²) in [5.41, 5.74) is 0.963. The predicted octanol–water partition coefficient (Wildman–Crippen LogP) is 2.85. The van der Waals surface area contributed by atoms with Crippen molar-refractivity contribution in [1.82, 2.24) is 5.32 Å². The molecule has 0 aliphatic rings. The third-order valence-electron chi connectivity index (χ3n) is 2.29. The normalized spacial score (nSPS) is 12.2. The Morgan fingerprint density at radius 1 is 1.35 bits per heavy atom. The zero-order valence-corrected chi connectivity index (χ0v) is 9.49. The highest BCUT2D eigenvalue weighted by Gasteiger charge is 2.06. The van der Waals surface area contributed by atoms with E-state index in [2.05, 4.69) is 10.1 Å². The molecule has 5 heteroatoms. The van der Waals surface area contributed by atoms with Crippen LogP contribution in [0.1, 0.15) is 24.9 Å². The van der Waals surface area contributed by atoms with Crippen LogP contribution in [-0.4, -0.2) is 13.2 Å². The first kappa shape index (κ1) is 13.4. The molecule has 0 radical (unpaired) electrons. The molecule has 1 unspecified atom stereocenters. The van der Waals surface area contributed by atoms with Crippen LogP contribution in [0.25, 0.3) is 0 Å². The van der Waals surface area contributed by atoms with E-state index >= 15 is 0 Å². The smallest absolute Gasteiger partial charge is 0.387 e.